The zero-order valence-electron chi connectivity index (χ0n) is 4.99. The number of aromatic nitrogens is 2. The van der Waals surface area contributed by atoms with Crippen LogP contribution in [0.1, 0.15) is 0 Å². The third kappa shape index (κ3) is 2.10. The minimum Gasteiger partial charge on any atom is -0.302 e. The molecule has 1 rings (SSSR count). The molecule has 4 nitrogen and oxygen atoms in total. The van der Waals surface area contributed by atoms with E-state index in [4.69, 9.17) is 27.8 Å². The van der Waals surface area contributed by atoms with Crippen LogP contribution < -0.4 is 0 Å². The Morgan fingerprint density at radius 1 is 1.45 bits per heavy atom. The van der Waals surface area contributed by atoms with E-state index in [0.29, 0.717) is 0 Å². The van der Waals surface area contributed by atoms with Crippen LogP contribution in [-0.2, 0) is 11.1 Å². The quantitative estimate of drug-likeness (QED) is 0.715. The fraction of sp³-hybridized carbons (Fsp3) is 0. The molecule has 0 amide bonds. The number of halogens is 2. The molecule has 60 valence electrons. The third-order valence-electron chi connectivity index (χ3n) is 0.875. The Hall–Kier alpha value is -0.230. The van der Waals surface area contributed by atoms with E-state index in [-0.39, 0.29) is 15.2 Å². The van der Waals surface area contributed by atoms with Crippen LogP contribution in [-0.4, -0.2) is 19.0 Å². The molecule has 0 bridgehead atoms. The molecule has 0 aromatic carbocycles. The number of hydrogen-bond donors (Lipinski definition) is 1. The lowest BCUT2D eigenvalue weighted by Crippen LogP contribution is -1.94. The maximum atomic E-state index is 10.5. The van der Waals surface area contributed by atoms with Gasteiger partial charge in [-0.3, -0.25) is 0 Å². The molecule has 0 fully saturated rings. The minimum absolute atomic E-state index is 0.0341. The molecule has 0 aliphatic rings. The van der Waals surface area contributed by atoms with Gasteiger partial charge in [-0.15, -0.1) is 10.2 Å². The van der Waals surface area contributed by atoms with E-state index >= 15 is 0 Å². The molecule has 1 unspecified atom stereocenters. The molecule has 1 aromatic rings. The Bertz CT molecular complexity index is 306. The molecule has 0 aliphatic carbocycles. The van der Waals surface area contributed by atoms with Gasteiger partial charge < -0.3 is 4.55 Å². The average molecular weight is 213 g/mol. The van der Waals surface area contributed by atoms with Crippen LogP contribution in [0.2, 0.25) is 10.3 Å². The monoisotopic (exact) mass is 212 g/mol. The summed E-state index contributed by atoms with van der Waals surface area (Å²) in [5.74, 6) is 0. The van der Waals surface area contributed by atoms with Crippen molar-refractivity contribution in [2.45, 2.75) is 4.90 Å². The molecule has 0 spiro atoms. The molecule has 1 heterocycles. The highest BCUT2D eigenvalue weighted by atomic mass is 35.5. The lowest BCUT2D eigenvalue weighted by Gasteiger charge is -1.95. The molecule has 1 N–H and O–H groups in total. The zero-order valence-corrected chi connectivity index (χ0v) is 7.32. The van der Waals surface area contributed by atoms with Crippen molar-refractivity contribution < 1.29 is 8.76 Å². The van der Waals surface area contributed by atoms with Crippen LogP contribution in [0.15, 0.2) is 11.0 Å². The van der Waals surface area contributed by atoms with Gasteiger partial charge >= 0.3 is 0 Å². The summed E-state index contributed by atoms with van der Waals surface area (Å²) in [4.78, 5) is -0.0355. The second kappa shape index (κ2) is 3.44. The molecule has 11 heavy (non-hydrogen) atoms. The second-order valence-electron chi connectivity index (χ2n) is 1.57. The first kappa shape index (κ1) is 8.86. The van der Waals surface area contributed by atoms with E-state index in [1.807, 2.05) is 0 Å². The van der Waals surface area contributed by atoms with Gasteiger partial charge in [-0.1, -0.05) is 23.2 Å². The Kier molecular flexibility index (Phi) is 2.78. The smallest absolute Gasteiger partial charge is 0.189 e. The fourth-order valence-electron chi connectivity index (χ4n) is 0.460. The van der Waals surface area contributed by atoms with Crippen molar-refractivity contribution in [3.8, 4) is 0 Å². The summed E-state index contributed by atoms with van der Waals surface area (Å²) in [6.07, 6.45) is 0. The van der Waals surface area contributed by atoms with Crippen LogP contribution in [0.25, 0.3) is 0 Å². The summed E-state index contributed by atoms with van der Waals surface area (Å²) in [5.41, 5.74) is 0. The molecule has 1 aromatic heterocycles. The third-order valence-corrected chi connectivity index (χ3v) is 2.14. The predicted octanol–water partition coefficient (Wildman–Crippen LogP) is 1.36. The molecule has 0 saturated heterocycles. The molecule has 0 aliphatic heterocycles. The van der Waals surface area contributed by atoms with Gasteiger partial charge in [0.05, 0.1) is 0 Å². The highest BCUT2D eigenvalue weighted by molar-refractivity contribution is 7.79. The van der Waals surface area contributed by atoms with Crippen molar-refractivity contribution in [3.05, 3.63) is 16.4 Å². The van der Waals surface area contributed by atoms with E-state index in [0.717, 1.165) is 0 Å². The average Bonchev–Trinajstić information content (AvgIpc) is 1.94. The van der Waals surface area contributed by atoms with Crippen molar-refractivity contribution in [2.24, 2.45) is 0 Å². The van der Waals surface area contributed by atoms with Gasteiger partial charge in [0, 0.05) is 0 Å². The zero-order chi connectivity index (χ0) is 8.43. The fourth-order valence-corrected chi connectivity index (χ4v) is 1.36. The summed E-state index contributed by atoms with van der Waals surface area (Å²) in [6, 6.07) is 1.19. The highest BCUT2D eigenvalue weighted by Crippen LogP contribution is 2.17. The van der Waals surface area contributed by atoms with E-state index in [1.165, 1.54) is 6.07 Å². The first-order chi connectivity index (χ1) is 5.11. The second-order valence-corrected chi connectivity index (χ2v) is 3.25. The van der Waals surface area contributed by atoms with Gasteiger partial charge in [0.2, 0.25) is 0 Å². The normalized spacial score (nSPS) is 13.0. The Morgan fingerprint density at radius 2 is 2.09 bits per heavy atom. The Balaban J connectivity index is 3.23. The summed E-state index contributed by atoms with van der Waals surface area (Å²) < 4.78 is 19.1. The Labute approximate surface area is 74.8 Å². The van der Waals surface area contributed by atoms with Gasteiger partial charge in [-0.2, -0.15) is 0 Å². The van der Waals surface area contributed by atoms with E-state index in [1.54, 1.807) is 0 Å². The van der Waals surface area contributed by atoms with Gasteiger partial charge in [-0.05, 0) is 6.07 Å². The van der Waals surface area contributed by atoms with Crippen molar-refractivity contribution in [1.29, 1.82) is 0 Å². The summed E-state index contributed by atoms with van der Waals surface area (Å²) in [6.45, 7) is 0. The van der Waals surface area contributed by atoms with E-state index in [2.05, 4.69) is 10.2 Å². The standard InChI is InChI=1S/C4H2Cl2N2O2S/c5-3-1-2(11(9)10)4(6)8-7-3/h1H,(H,9,10). The SMILES string of the molecule is O=S(O)c1cc(Cl)nnc1Cl. The first-order valence-corrected chi connectivity index (χ1v) is 4.27. The first-order valence-electron chi connectivity index (χ1n) is 2.41. The van der Waals surface area contributed by atoms with Crippen molar-refractivity contribution in [3.63, 3.8) is 0 Å². The maximum absolute atomic E-state index is 10.5. The molecule has 1 atom stereocenters. The molecule has 0 saturated carbocycles. The number of hydrogen-bond acceptors (Lipinski definition) is 3. The van der Waals surface area contributed by atoms with Crippen molar-refractivity contribution in [1.82, 2.24) is 10.2 Å². The minimum atomic E-state index is -2.17. The molecular weight excluding hydrogens is 211 g/mol. The van der Waals surface area contributed by atoms with Gasteiger partial charge in [0.25, 0.3) is 0 Å². The van der Waals surface area contributed by atoms with Gasteiger partial charge in [0.15, 0.2) is 21.4 Å². The highest BCUT2D eigenvalue weighted by Gasteiger charge is 2.08. The molecule has 7 heteroatoms. The van der Waals surface area contributed by atoms with Crippen LogP contribution in [0, 0.1) is 0 Å². The van der Waals surface area contributed by atoms with Gasteiger partial charge in [-0.25, -0.2) is 4.21 Å². The summed E-state index contributed by atoms with van der Waals surface area (Å²) in [5, 5.41) is 6.61. The number of nitrogens with zero attached hydrogens (tertiary/aromatic N) is 2. The van der Waals surface area contributed by atoms with E-state index in [9.17, 15) is 4.21 Å². The lowest BCUT2D eigenvalue weighted by molar-refractivity contribution is 0.563. The number of rotatable bonds is 1. The molecular formula is C4H2Cl2N2O2S. The van der Waals surface area contributed by atoms with Gasteiger partial charge in [0.1, 0.15) is 4.90 Å². The van der Waals surface area contributed by atoms with Crippen LogP contribution in [0.4, 0.5) is 0 Å². The van der Waals surface area contributed by atoms with Crippen molar-refractivity contribution >= 4 is 34.3 Å². The summed E-state index contributed by atoms with van der Waals surface area (Å²) >= 11 is 8.62. The van der Waals surface area contributed by atoms with E-state index < -0.39 is 11.1 Å². The van der Waals surface area contributed by atoms with Crippen molar-refractivity contribution in [2.75, 3.05) is 0 Å². The molecule has 0 radical (unpaired) electrons. The lowest BCUT2D eigenvalue weighted by atomic mass is 10.6. The summed E-state index contributed by atoms with van der Waals surface area (Å²) in [7, 11) is 0. The van der Waals surface area contributed by atoms with Crippen LogP contribution in [0.3, 0.4) is 0 Å². The van der Waals surface area contributed by atoms with Crippen LogP contribution in [0.5, 0.6) is 0 Å². The van der Waals surface area contributed by atoms with Crippen LogP contribution >= 0.6 is 23.2 Å². The largest absolute Gasteiger partial charge is 0.302 e. The Morgan fingerprint density at radius 3 is 2.55 bits per heavy atom. The topological polar surface area (TPSA) is 63.1 Å². The maximum Gasteiger partial charge on any atom is 0.189 e. The predicted molar refractivity (Wildman–Crippen MR) is 41.1 cm³/mol.